The van der Waals surface area contributed by atoms with Crippen LogP contribution in [-0.4, -0.2) is 16.9 Å². The number of aromatic nitrogens is 1. The molecular weight excluding hydrogens is 252 g/mol. The summed E-state index contributed by atoms with van der Waals surface area (Å²) in [6.45, 7) is 6.35. The molecule has 1 heterocycles. The molecule has 2 rings (SSSR count). The van der Waals surface area contributed by atoms with E-state index in [9.17, 15) is 4.79 Å². The Hall–Kier alpha value is -1.62. The van der Waals surface area contributed by atoms with Crippen LogP contribution in [-0.2, 0) is 0 Å². The Morgan fingerprint density at radius 3 is 2.80 bits per heavy atom. The van der Waals surface area contributed by atoms with E-state index >= 15 is 0 Å². The first-order valence-corrected chi connectivity index (χ1v) is 7.25. The zero-order valence-corrected chi connectivity index (χ0v) is 12.4. The summed E-state index contributed by atoms with van der Waals surface area (Å²) in [7, 11) is 0. The topological polar surface area (TPSA) is 80.0 Å². The summed E-state index contributed by atoms with van der Waals surface area (Å²) in [5.74, 6) is 6.64. The van der Waals surface area contributed by atoms with Crippen LogP contribution in [0, 0.1) is 18.8 Å². The van der Waals surface area contributed by atoms with E-state index in [0.29, 0.717) is 17.2 Å². The molecule has 1 amide bonds. The number of anilines is 1. The normalized spacial score (nSPS) is 26.1. The van der Waals surface area contributed by atoms with Crippen molar-refractivity contribution in [3.8, 4) is 0 Å². The summed E-state index contributed by atoms with van der Waals surface area (Å²) in [6, 6.07) is 2.02. The van der Waals surface area contributed by atoms with Crippen molar-refractivity contribution in [2.45, 2.75) is 46.1 Å². The first-order valence-electron chi connectivity index (χ1n) is 7.25. The molecule has 1 aliphatic rings. The van der Waals surface area contributed by atoms with Gasteiger partial charge in [0.1, 0.15) is 0 Å². The van der Waals surface area contributed by atoms with Crippen LogP contribution in [0.15, 0.2) is 12.3 Å². The number of hydrazine groups is 1. The molecule has 0 saturated heterocycles. The zero-order chi connectivity index (χ0) is 14.7. The smallest absolute Gasteiger partial charge is 0.255 e. The van der Waals surface area contributed by atoms with E-state index in [4.69, 9.17) is 5.84 Å². The second-order valence-electron chi connectivity index (χ2n) is 5.99. The quantitative estimate of drug-likeness (QED) is 0.584. The maximum absolute atomic E-state index is 12.4. The Labute approximate surface area is 120 Å². The minimum atomic E-state index is -0.100. The van der Waals surface area contributed by atoms with Crippen LogP contribution in [0.3, 0.4) is 0 Å². The highest BCUT2D eigenvalue weighted by molar-refractivity contribution is 5.99. The van der Waals surface area contributed by atoms with Gasteiger partial charge in [0.2, 0.25) is 0 Å². The third kappa shape index (κ3) is 3.28. The Bertz CT molecular complexity index is 489. The van der Waals surface area contributed by atoms with Gasteiger partial charge in [-0.25, -0.2) is 0 Å². The molecule has 1 fully saturated rings. The molecule has 1 aromatic heterocycles. The number of amides is 1. The van der Waals surface area contributed by atoms with Gasteiger partial charge in [0, 0.05) is 17.9 Å². The number of nitrogen functional groups attached to an aromatic ring is 1. The first kappa shape index (κ1) is 14.8. The number of pyridine rings is 1. The highest BCUT2D eigenvalue weighted by atomic mass is 16.1. The second kappa shape index (κ2) is 6.22. The Balaban J connectivity index is 2.08. The van der Waals surface area contributed by atoms with Gasteiger partial charge in [-0.15, -0.1) is 0 Å². The average Bonchev–Trinajstić information content (AvgIpc) is 2.41. The number of nitrogens with zero attached hydrogens (tertiary/aromatic N) is 1. The fourth-order valence-corrected chi connectivity index (χ4v) is 2.99. The molecule has 20 heavy (non-hydrogen) atoms. The van der Waals surface area contributed by atoms with Crippen molar-refractivity contribution in [3.05, 3.63) is 23.5 Å². The van der Waals surface area contributed by atoms with Gasteiger partial charge in [-0.05, 0) is 44.1 Å². The number of rotatable bonds is 3. The van der Waals surface area contributed by atoms with Crippen molar-refractivity contribution in [1.29, 1.82) is 0 Å². The summed E-state index contributed by atoms with van der Waals surface area (Å²) in [6.07, 6.45) is 4.96. The Morgan fingerprint density at radius 2 is 2.15 bits per heavy atom. The molecule has 3 unspecified atom stereocenters. The van der Waals surface area contributed by atoms with Gasteiger partial charge in [0.15, 0.2) is 0 Å². The van der Waals surface area contributed by atoms with Crippen LogP contribution >= 0.6 is 0 Å². The minimum absolute atomic E-state index is 0.100. The molecule has 0 spiro atoms. The van der Waals surface area contributed by atoms with Crippen LogP contribution in [0.25, 0.3) is 0 Å². The van der Waals surface area contributed by atoms with Crippen molar-refractivity contribution < 1.29 is 4.79 Å². The van der Waals surface area contributed by atoms with Gasteiger partial charge in [0.05, 0.1) is 11.3 Å². The number of hydrogen-bond acceptors (Lipinski definition) is 4. The lowest BCUT2D eigenvalue weighted by atomic mass is 9.80. The molecule has 0 aliphatic heterocycles. The van der Waals surface area contributed by atoms with Crippen molar-refractivity contribution >= 4 is 11.6 Å². The largest absolute Gasteiger partial charge is 0.349 e. The van der Waals surface area contributed by atoms with Crippen LogP contribution < -0.4 is 16.6 Å². The predicted octanol–water partition coefficient (Wildman–Crippen LogP) is 2.23. The van der Waals surface area contributed by atoms with E-state index in [-0.39, 0.29) is 11.9 Å². The summed E-state index contributed by atoms with van der Waals surface area (Å²) in [5, 5.41) is 3.13. The van der Waals surface area contributed by atoms with Gasteiger partial charge in [-0.2, -0.15) is 0 Å². The third-order valence-electron chi connectivity index (χ3n) is 4.19. The summed E-state index contributed by atoms with van der Waals surface area (Å²) in [5.41, 5.74) is 4.52. The number of hydrogen-bond donors (Lipinski definition) is 3. The van der Waals surface area contributed by atoms with Crippen LogP contribution in [0.1, 0.15) is 49.2 Å². The van der Waals surface area contributed by atoms with E-state index in [1.165, 1.54) is 12.8 Å². The molecular formula is C15H24N4O. The van der Waals surface area contributed by atoms with E-state index in [2.05, 4.69) is 29.6 Å². The molecule has 110 valence electrons. The number of nitrogens with two attached hydrogens (primary N) is 1. The van der Waals surface area contributed by atoms with E-state index in [1.54, 1.807) is 12.3 Å². The Kier molecular flexibility index (Phi) is 4.60. The van der Waals surface area contributed by atoms with Gasteiger partial charge < -0.3 is 10.7 Å². The molecule has 5 heteroatoms. The van der Waals surface area contributed by atoms with Gasteiger partial charge in [-0.1, -0.05) is 13.8 Å². The third-order valence-corrected chi connectivity index (χ3v) is 4.19. The minimum Gasteiger partial charge on any atom is -0.349 e. The van der Waals surface area contributed by atoms with Crippen LogP contribution in [0.4, 0.5) is 5.69 Å². The van der Waals surface area contributed by atoms with Gasteiger partial charge >= 0.3 is 0 Å². The fourth-order valence-electron chi connectivity index (χ4n) is 2.99. The van der Waals surface area contributed by atoms with Crippen molar-refractivity contribution in [2.24, 2.45) is 17.7 Å². The SMILES string of the molecule is Cc1cc(NN)c(C(=O)NC2CCC(C)CC2C)cn1. The maximum atomic E-state index is 12.4. The average molecular weight is 276 g/mol. The molecule has 1 aromatic rings. The fraction of sp³-hybridized carbons (Fsp3) is 0.600. The van der Waals surface area contributed by atoms with Crippen molar-refractivity contribution in [3.63, 3.8) is 0 Å². The second-order valence-corrected chi connectivity index (χ2v) is 5.99. The molecule has 5 nitrogen and oxygen atoms in total. The molecule has 4 N–H and O–H groups in total. The number of aryl methyl sites for hydroxylation is 1. The molecule has 1 saturated carbocycles. The van der Waals surface area contributed by atoms with Crippen LogP contribution in [0.2, 0.25) is 0 Å². The molecule has 3 atom stereocenters. The highest BCUT2D eigenvalue weighted by Crippen LogP contribution is 2.29. The standard InChI is InChI=1S/C15H24N4O/c1-9-4-5-13(10(2)6-9)18-15(20)12-8-17-11(3)7-14(12)19-16/h7-10,13H,4-6,16H2,1-3H3,(H,17,19)(H,18,20). The van der Waals surface area contributed by atoms with Crippen molar-refractivity contribution in [1.82, 2.24) is 10.3 Å². The van der Waals surface area contributed by atoms with Gasteiger partial charge in [0.25, 0.3) is 5.91 Å². The number of nitrogens with one attached hydrogen (secondary N) is 2. The lowest BCUT2D eigenvalue weighted by molar-refractivity contribution is 0.0900. The van der Waals surface area contributed by atoms with Crippen molar-refractivity contribution in [2.75, 3.05) is 5.43 Å². The Morgan fingerprint density at radius 1 is 1.40 bits per heavy atom. The van der Waals surface area contributed by atoms with Crippen LogP contribution in [0.5, 0.6) is 0 Å². The highest BCUT2D eigenvalue weighted by Gasteiger charge is 2.27. The summed E-state index contributed by atoms with van der Waals surface area (Å²) < 4.78 is 0. The van der Waals surface area contributed by atoms with E-state index < -0.39 is 0 Å². The molecule has 0 aromatic carbocycles. The van der Waals surface area contributed by atoms with E-state index in [1.807, 2.05) is 6.92 Å². The molecule has 1 aliphatic carbocycles. The number of carbonyl (C=O) groups is 1. The predicted molar refractivity (Wildman–Crippen MR) is 80.2 cm³/mol. The molecule has 0 bridgehead atoms. The zero-order valence-electron chi connectivity index (χ0n) is 12.4. The summed E-state index contributed by atoms with van der Waals surface area (Å²) in [4.78, 5) is 16.6. The lowest BCUT2D eigenvalue weighted by Crippen LogP contribution is -2.42. The van der Waals surface area contributed by atoms with E-state index in [0.717, 1.165) is 18.0 Å². The van der Waals surface area contributed by atoms with Gasteiger partial charge in [-0.3, -0.25) is 15.6 Å². The summed E-state index contributed by atoms with van der Waals surface area (Å²) >= 11 is 0. The maximum Gasteiger partial charge on any atom is 0.255 e. The monoisotopic (exact) mass is 276 g/mol. The lowest BCUT2D eigenvalue weighted by Gasteiger charge is -2.33. The molecule has 0 radical (unpaired) electrons. The number of carbonyl (C=O) groups excluding carboxylic acids is 1. The first-order chi connectivity index (χ1) is 9.51.